The highest BCUT2D eigenvalue weighted by Crippen LogP contribution is 2.28. The van der Waals surface area contributed by atoms with Crippen LogP contribution in [0.3, 0.4) is 0 Å². The molecule has 0 aromatic rings. The van der Waals surface area contributed by atoms with Gasteiger partial charge in [0, 0.05) is 42.7 Å². The van der Waals surface area contributed by atoms with Crippen LogP contribution in [-0.2, 0) is 37.5 Å². The van der Waals surface area contributed by atoms with Crippen LogP contribution in [-0.4, -0.2) is 95.5 Å². The average molecular weight is 386 g/mol. The van der Waals surface area contributed by atoms with Gasteiger partial charge in [-0.3, -0.25) is 0 Å². The lowest BCUT2D eigenvalue weighted by molar-refractivity contribution is -0.0690. The Morgan fingerprint density at radius 3 is 0.880 bits per heavy atom. The molecular formula is C16H35O8P. The Kier molecular flexibility index (Phi) is 15.3. The molecule has 25 heavy (non-hydrogen) atoms. The Balaban J connectivity index is 4.49. The van der Waals surface area contributed by atoms with E-state index < -0.39 is 0 Å². The van der Waals surface area contributed by atoms with Gasteiger partial charge in [-0.25, -0.2) is 0 Å². The minimum Gasteiger partial charge on any atom is -0.384 e. The standard InChI is InChI=1S/C16H35O8P/c1-17-7-15(8-18-2,9-19-3)13-23-25-24-14-16(10-20-4,11-21-5)12-22-6/h25H,7-14H2,1-6H3. The van der Waals surface area contributed by atoms with Crippen molar-refractivity contribution in [1.82, 2.24) is 0 Å². The third-order valence-electron chi connectivity index (χ3n) is 3.58. The van der Waals surface area contributed by atoms with E-state index in [4.69, 9.17) is 37.5 Å². The lowest BCUT2D eigenvalue weighted by Gasteiger charge is -2.32. The highest BCUT2D eigenvalue weighted by molar-refractivity contribution is 7.26. The Morgan fingerprint density at radius 2 is 0.680 bits per heavy atom. The molecule has 0 spiro atoms. The molecule has 0 aromatic heterocycles. The molecule has 0 unspecified atom stereocenters. The monoisotopic (exact) mass is 386 g/mol. The van der Waals surface area contributed by atoms with Crippen LogP contribution in [0.2, 0.25) is 0 Å². The first-order chi connectivity index (χ1) is 12.1. The van der Waals surface area contributed by atoms with Crippen molar-refractivity contribution in [2.24, 2.45) is 10.8 Å². The van der Waals surface area contributed by atoms with Crippen molar-refractivity contribution in [1.29, 1.82) is 0 Å². The predicted molar refractivity (Wildman–Crippen MR) is 96.3 cm³/mol. The smallest absolute Gasteiger partial charge is 0.155 e. The maximum atomic E-state index is 5.73. The number of ether oxygens (including phenoxy) is 6. The summed E-state index contributed by atoms with van der Waals surface area (Å²) >= 11 is 0. The molecule has 9 heteroatoms. The second kappa shape index (κ2) is 15.2. The van der Waals surface area contributed by atoms with Gasteiger partial charge in [-0.2, -0.15) is 0 Å². The van der Waals surface area contributed by atoms with Crippen molar-refractivity contribution in [3.05, 3.63) is 0 Å². The van der Waals surface area contributed by atoms with E-state index in [1.54, 1.807) is 42.7 Å². The van der Waals surface area contributed by atoms with Crippen LogP contribution in [0.15, 0.2) is 0 Å². The molecule has 0 rings (SSSR count). The molecule has 0 saturated carbocycles. The fraction of sp³-hybridized carbons (Fsp3) is 1.00. The lowest BCUT2D eigenvalue weighted by Crippen LogP contribution is -2.41. The maximum absolute atomic E-state index is 5.73. The summed E-state index contributed by atoms with van der Waals surface area (Å²) in [7, 11) is 9.75. The number of hydrogen-bond donors (Lipinski definition) is 0. The van der Waals surface area contributed by atoms with Gasteiger partial charge in [0.05, 0.1) is 63.7 Å². The van der Waals surface area contributed by atoms with Crippen LogP contribution in [0.1, 0.15) is 0 Å². The van der Waals surface area contributed by atoms with Crippen LogP contribution >= 0.6 is 9.03 Å². The Bertz CT molecular complexity index is 244. The number of methoxy groups -OCH3 is 6. The number of hydrogen-bond acceptors (Lipinski definition) is 8. The van der Waals surface area contributed by atoms with Crippen molar-refractivity contribution >= 4 is 9.03 Å². The predicted octanol–water partition coefficient (Wildman–Crippen LogP) is 1.38. The van der Waals surface area contributed by atoms with E-state index in [2.05, 4.69) is 0 Å². The summed E-state index contributed by atoms with van der Waals surface area (Å²) < 4.78 is 43.2. The summed E-state index contributed by atoms with van der Waals surface area (Å²) in [4.78, 5) is 0. The van der Waals surface area contributed by atoms with Gasteiger partial charge in [-0.15, -0.1) is 0 Å². The molecule has 0 saturated heterocycles. The van der Waals surface area contributed by atoms with Gasteiger partial charge in [0.2, 0.25) is 0 Å². The third kappa shape index (κ3) is 10.1. The second-order valence-electron chi connectivity index (χ2n) is 6.26. The van der Waals surface area contributed by atoms with E-state index in [-0.39, 0.29) is 19.9 Å². The van der Waals surface area contributed by atoms with Crippen molar-refractivity contribution in [3.63, 3.8) is 0 Å². The van der Waals surface area contributed by atoms with E-state index in [1.165, 1.54) is 0 Å². The zero-order valence-corrected chi connectivity index (χ0v) is 17.4. The minimum atomic E-state index is -0.364. The molecule has 0 bridgehead atoms. The Labute approximate surface area is 153 Å². The van der Waals surface area contributed by atoms with Crippen LogP contribution in [0, 0.1) is 10.8 Å². The van der Waals surface area contributed by atoms with E-state index >= 15 is 0 Å². The van der Waals surface area contributed by atoms with Crippen molar-refractivity contribution in [2.75, 3.05) is 95.5 Å². The van der Waals surface area contributed by atoms with Crippen LogP contribution < -0.4 is 0 Å². The zero-order chi connectivity index (χ0) is 19.0. The molecule has 0 N–H and O–H groups in total. The van der Waals surface area contributed by atoms with Crippen molar-refractivity contribution < 1.29 is 37.5 Å². The molecule has 0 aliphatic rings. The van der Waals surface area contributed by atoms with Gasteiger partial charge in [0.1, 0.15) is 0 Å². The summed E-state index contributed by atoms with van der Waals surface area (Å²) in [5, 5.41) is 0. The Morgan fingerprint density at radius 1 is 0.440 bits per heavy atom. The minimum absolute atomic E-state index is 0.127. The second-order valence-corrected chi connectivity index (χ2v) is 7.00. The summed E-state index contributed by atoms with van der Waals surface area (Å²) in [6.45, 7) is 3.65. The number of rotatable bonds is 18. The van der Waals surface area contributed by atoms with E-state index in [0.717, 1.165) is 0 Å². The SMILES string of the molecule is COCC(COC)(COC)COPOCC(COC)(COC)COC. The summed E-state index contributed by atoms with van der Waals surface area (Å²) in [5.74, 6) is 0. The highest BCUT2D eigenvalue weighted by atomic mass is 31.1. The zero-order valence-electron chi connectivity index (χ0n) is 16.4. The molecular weight excluding hydrogens is 351 g/mol. The molecule has 0 amide bonds. The average Bonchev–Trinajstić information content (AvgIpc) is 2.56. The van der Waals surface area contributed by atoms with Gasteiger partial charge < -0.3 is 37.5 Å². The first-order valence-electron chi connectivity index (χ1n) is 8.00. The summed E-state index contributed by atoms with van der Waals surface area (Å²) in [6, 6.07) is 0. The molecule has 0 aliphatic heterocycles. The van der Waals surface area contributed by atoms with Crippen LogP contribution in [0.4, 0.5) is 0 Å². The summed E-state index contributed by atoms with van der Waals surface area (Å²) in [6.07, 6.45) is 0. The van der Waals surface area contributed by atoms with Crippen molar-refractivity contribution in [3.8, 4) is 0 Å². The maximum Gasteiger partial charge on any atom is 0.155 e. The van der Waals surface area contributed by atoms with Gasteiger partial charge in [-0.05, 0) is 0 Å². The summed E-state index contributed by atoms with van der Waals surface area (Å²) in [5.41, 5.74) is -0.728. The fourth-order valence-corrected chi connectivity index (χ4v) is 3.56. The van der Waals surface area contributed by atoms with E-state index in [9.17, 15) is 0 Å². The Hall–Kier alpha value is 0.110. The van der Waals surface area contributed by atoms with Crippen LogP contribution in [0.5, 0.6) is 0 Å². The quantitative estimate of drug-likeness (QED) is 0.258. The lowest BCUT2D eigenvalue weighted by atomic mass is 9.92. The molecule has 8 nitrogen and oxygen atoms in total. The van der Waals surface area contributed by atoms with Crippen molar-refractivity contribution in [2.45, 2.75) is 0 Å². The third-order valence-corrected chi connectivity index (χ3v) is 4.10. The fourth-order valence-electron chi connectivity index (χ4n) is 2.74. The molecule has 0 aromatic carbocycles. The van der Waals surface area contributed by atoms with Gasteiger partial charge in [0.25, 0.3) is 0 Å². The molecule has 0 heterocycles. The topological polar surface area (TPSA) is 73.8 Å². The first kappa shape index (κ1) is 25.1. The molecule has 152 valence electrons. The molecule has 0 radical (unpaired) electrons. The molecule has 0 fully saturated rings. The van der Waals surface area contributed by atoms with E-state index in [0.29, 0.717) is 52.9 Å². The van der Waals surface area contributed by atoms with Crippen LogP contribution in [0.25, 0.3) is 0 Å². The molecule has 0 aliphatic carbocycles. The highest BCUT2D eigenvalue weighted by Gasteiger charge is 2.33. The largest absolute Gasteiger partial charge is 0.384 e. The normalized spacial score (nSPS) is 12.7. The van der Waals surface area contributed by atoms with Gasteiger partial charge in [0.15, 0.2) is 9.03 Å². The van der Waals surface area contributed by atoms with Gasteiger partial charge >= 0.3 is 0 Å². The molecule has 0 atom stereocenters. The van der Waals surface area contributed by atoms with E-state index in [1.807, 2.05) is 0 Å². The van der Waals surface area contributed by atoms with Gasteiger partial charge in [-0.1, -0.05) is 0 Å². The first-order valence-corrected chi connectivity index (χ1v) is 8.81.